The first-order valence-electron chi connectivity index (χ1n) is 9.29. The van der Waals surface area contributed by atoms with E-state index >= 15 is 0 Å². The fourth-order valence-electron chi connectivity index (χ4n) is 3.75. The number of urea groups is 1. The van der Waals surface area contributed by atoms with Crippen molar-refractivity contribution in [1.29, 1.82) is 0 Å². The molecular formula is C19H22ClN5O2. The smallest absolute Gasteiger partial charge is 0.325 e. The van der Waals surface area contributed by atoms with Crippen LogP contribution < -0.4 is 10.6 Å². The van der Waals surface area contributed by atoms with Crippen LogP contribution in [-0.2, 0) is 4.79 Å². The molecule has 27 heavy (non-hydrogen) atoms. The summed E-state index contributed by atoms with van der Waals surface area (Å²) in [6, 6.07) is 5.41. The molecule has 1 aromatic heterocycles. The van der Waals surface area contributed by atoms with Gasteiger partial charge in [0.25, 0.3) is 5.91 Å². The molecule has 2 heterocycles. The van der Waals surface area contributed by atoms with E-state index in [0.29, 0.717) is 11.6 Å². The van der Waals surface area contributed by atoms with Crippen molar-refractivity contribution < 1.29 is 9.59 Å². The quantitative estimate of drug-likeness (QED) is 0.742. The first-order chi connectivity index (χ1) is 13.0. The van der Waals surface area contributed by atoms with Crippen molar-refractivity contribution in [1.82, 2.24) is 20.2 Å². The molecule has 1 saturated heterocycles. The Morgan fingerprint density at radius 3 is 2.85 bits per heavy atom. The monoisotopic (exact) mass is 387 g/mol. The number of benzene rings is 1. The molecule has 1 aromatic carbocycles. The van der Waals surface area contributed by atoms with E-state index in [9.17, 15) is 9.59 Å². The Morgan fingerprint density at radius 2 is 2.15 bits per heavy atom. The van der Waals surface area contributed by atoms with Crippen LogP contribution in [0.3, 0.4) is 0 Å². The highest BCUT2D eigenvalue weighted by atomic mass is 35.5. The number of fused-ring (bicyclic) bond motifs is 1. The van der Waals surface area contributed by atoms with Gasteiger partial charge in [-0.05, 0) is 57.2 Å². The van der Waals surface area contributed by atoms with Crippen LogP contribution in [0.15, 0.2) is 24.5 Å². The SMILES string of the molecule is CC(CCCN1C(=O)NC2(CCC2)C1=O)Nc1ncnc2cc(Cl)ccc12. The van der Waals surface area contributed by atoms with Crippen molar-refractivity contribution in [3.63, 3.8) is 0 Å². The minimum Gasteiger partial charge on any atom is -0.367 e. The van der Waals surface area contributed by atoms with Crippen LogP contribution >= 0.6 is 11.6 Å². The lowest BCUT2D eigenvalue weighted by Crippen LogP contribution is -2.52. The maximum Gasteiger partial charge on any atom is 0.325 e. The minimum absolute atomic E-state index is 0.0574. The molecule has 142 valence electrons. The lowest BCUT2D eigenvalue weighted by Gasteiger charge is -2.34. The van der Waals surface area contributed by atoms with Gasteiger partial charge in [0.1, 0.15) is 17.7 Å². The van der Waals surface area contributed by atoms with Gasteiger partial charge < -0.3 is 10.6 Å². The molecule has 7 nitrogen and oxygen atoms in total. The van der Waals surface area contributed by atoms with Gasteiger partial charge in [-0.3, -0.25) is 9.69 Å². The number of carbonyl (C=O) groups is 2. The number of aromatic nitrogens is 2. The summed E-state index contributed by atoms with van der Waals surface area (Å²) in [5, 5.41) is 7.80. The van der Waals surface area contributed by atoms with Crippen LogP contribution in [0.25, 0.3) is 10.9 Å². The summed E-state index contributed by atoms with van der Waals surface area (Å²) >= 11 is 6.02. The molecule has 1 aliphatic carbocycles. The normalized spacial score (nSPS) is 19.3. The molecule has 1 unspecified atom stereocenters. The van der Waals surface area contributed by atoms with E-state index in [4.69, 9.17) is 11.6 Å². The van der Waals surface area contributed by atoms with Gasteiger partial charge >= 0.3 is 6.03 Å². The molecule has 0 radical (unpaired) electrons. The molecule has 2 aromatic rings. The summed E-state index contributed by atoms with van der Waals surface area (Å²) in [4.78, 5) is 34.5. The summed E-state index contributed by atoms with van der Waals surface area (Å²) in [5.41, 5.74) is 0.194. The van der Waals surface area contributed by atoms with Crippen molar-refractivity contribution in [3.8, 4) is 0 Å². The summed E-state index contributed by atoms with van der Waals surface area (Å²) in [6.45, 7) is 2.50. The minimum atomic E-state index is -0.595. The van der Waals surface area contributed by atoms with E-state index in [1.54, 1.807) is 0 Å². The molecule has 8 heteroatoms. The Balaban J connectivity index is 1.33. The van der Waals surface area contributed by atoms with Gasteiger partial charge in [-0.15, -0.1) is 0 Å². The van der Waals surface area contributed by atoms with Gasteiger partial charge in [-0.2, -0.15) is 0 Å². The predicted molar refractivity (Wildman–Crippen MR) is 104 cm³/mol. The van der Waals surface area contributed by atoms with Crippen LogP contribution in [-0.4, -0.2) is 44.9 Å². The molecular weight excluding hydrogens is 366 g/mol. The number of halogens is 1. The van der Waals surface area contributed by atoms with Crippen molar-refractivity contribution in [2.75, 3.05) is 11.9 Å². The Morgan fingerprint density at radius 1 is 1.33 bits per heavy atom. The molecule has 1 aliphatic heterocycles. The molecule has 2 fully saturated rings. The molecule has 1 spiro atoms. The first kappa shape index (κ1) is 18.0. The molecule has 1 saturated carbocycles. The molecule has 4 rings (SSSR count). The number of imide groups is 1. The highest BCUT2D eigenvalue weighted by Crippen LogP contribution is 2.37. The summed E-state index contributed by atoms with van der Waals surface area (Å²) in [7, 11) is 0. The molecule has 2 N–H and O–H groups in total. The Hall–Kier alpha value is -2.41. The van der Waals surface area contributed by atoms with E-state index in [1.165, 1.54) is 11.2 Å². The zero-order valence-corrected chi connectivity index (χ0v) is 15.9. The second-order valence-electron chi connectivity index (χ2n) is 7.39. The third-order valence-electron chi connectivity index (χ3n) is 5.45. The number of amides is 3. The second kappa shape index (κ2) is 6.96. The lowest BCUT2D eigenvalue weighted by molar-refractivity contribution is -0.134. The average molecular weight is 388 g/mol. The van der Waals surface area contributed by atoms with Gasteiger partial charge in [0.15, 0.2) is 0 Å². The number of hydrogen-bond acceptors (Lipinski definition) is 5. The number of rotatable bonds is 6. The molecule has 3 amide bonds. The van der Waals surface area contributed by atoms with Gasteiger partial charge in [0.05, 0.1) is 5.52 Å². The number of hydrogen-bond donors (Lipinski definition) is 2. The van der Waals surface area contributed by atoms with Crippen molar-refractivity contribution in [3.05, 3.63) is 29.5 Å². The zero-order valence-electron chi connectivity index (χ0n) is 15.2. The van der Waals surface area contributed by atoms with Crippen molar-refractivity contribution in [2.45, 2.75) is 50.6 Å². The standard InChI is InChI=1S/C19H22ClN5O2/c1-12(23-16-14-6-5-13(20)10-15(14)21-11-22-16)4-2-9-25-17(26)19(7-3-8-19)24-18(25)27/h5-6,10-12H,2-4,7-9H2,1H3,(H,24,27)(H,21,22,23). The summed E-state index contributed by atoms with van der Waals surface area (Å²) in [5.74, 6) is 0.700. The Kier molecular flexibility index (Phi) is 4.63. The highest BCUT2D eigenvalue weighted by molar-refractivity contribution is 6.31. The van der Waals surface area contributed by atoms with E-state index in [0.717, 1.165) is 48.8 Å². The summed E-state index contributed by atoms with van der Waals surface area (Å²) in [6.07, 6.45) is 5.58. The largest absolute Gasteiger partial charge is 0.367 e. The van der Waals surface area contributed by atoms with Crippen LogP contribution in [0.1, 0.15) is 39.0 Å². The second-order valence-corrected chi connectivity index (χ2v) is 7.83. The van der Waals surface area contributed by atoms with E-state index < -0.39 is 5.54 Å². The Bertz CT molecular complexity index is 899. The number of anilines is 1. The maximum atomic E-state index is 12.5. The topological polar surface area (TPSA) is 87.2 Å². The van der Waals surface area contributed by atoms with Crippen LogP contribution in [0.4, 0.5) is 10.6 Å². The molecule has 2 aliphatic rings. The van der Waals surface area contributed by atoms with E-state index in [1.807, 2.05) is 18.2 Å². The average Bonchev–Trinajstić information content (AvgIpc) is 2.86. The van der Waals surface area contributed by atoms with Gasteiger partial charge in [0.2, 0.25) is 0 Å². The predicted octanol–water partition coefficient (Wildman–Crippen LogP) is 3.34. The van der Waals surface area contributed by atoms with Gasteiger partial charge in [0, 0.05) is 23.0 Å². The third-order valence-corrected chi connectivity index (χ3v) is 5.69. The third kappa shape index (κ3) is 3.32. The van der Waals surface area contributed by atoms with E-state index in [-0.39, 0.29) is 18.0 Å². The maximum absolute atomic E-state index is 12.5. The Labute approximate surface area is 162 Å². The lowest BCUT2D eigenvalue weighted by atomic mass is 9.77. The van der Waals surface area contributed by atoms with Crippen LogP contribution in [0.2, 0.25) is 5.02 Å². The fourth-order valence-corrected chi connectivity index (χ4v) is 3.92. The van der Waals surface area contributed by atoms with Crippen molar-refractivity contribution >= 4 is 40.3 Å². The zero-order chi connectivity index (χ0) is 19.0. The number of nitrogens with one attached hydrogen (secondary N) is 2. The number of nitrogens with zero attached hydrogens (tertiary/aromatic N) is 3. The van der Waals surface area contributed by atoms with E-state index in [2.05, 4.69) is 27.5 Å². The first-order valence-corrected chi connectivity index (χ1v) is 9.67. The highest BCUT2D eigenvalue weighted by Gasteiger charge is 2.54. The van der Waals surface area contributed by atoms with Crippen LogP contribution in [0.5, 0.6) is 0 Å². The van der Waals surface area contributed by atoms with Crippen LogP contribution in [0, 0.1) is 0 Å². The van der Waals surface area contributed by atoms with Gasteiger partial charge in [-0.1, -0.05) is 11.6 Å². The number of carbonyl (C=O) groups excluding carboxylic acids is 2. The van der Waals surface area contributed by atoms with Gasteiger partial charge in [-0.25, -0.2) is 14.8 Å². The summed E-state index contributed by atoms with van der Waals surface area (Å²) < 4.78 is 0. The van der Waals surface area contributed by atoms with Crippen molar-refractivity contribution in [2.24, 2.45) is 0 Å². The molecule has 1 atom stereocenters. The molecule has 0 bridgehead atoms. The fraction of sp³-hybridized carbons (Fsp3) is 0.474.